The molecule has 1 aromatic rings. The molecule has 0 fully saturated rings. The van der Waals surface area contributed by atoms with E-state index >= 15 is 0 Å². The van der Waals surface area contributed by atoms with Gasteiger partial charge in [-0.1, -0.05) is 6.92 Å². The fourth-order valence-corrected chi connectivity index (χ4v) is 1.96. The summed E-state index contributed by atoms with van der Waals surface area (Å²) >= 11 is 0. The van der Waals surface area contributed by atoms with Crippen LogP contribution in [0.5, 0.6) is 5.88 Å². The quantitative estimate of drug-likeness (QED) is 0.402. The van der Waals surface area contributed by atoms with Crippen LogP contribution in [0.2, 0.25) is 0 Å². The number of aliphatic hydroxyl groups is 1. The van der Waals surface area contributed by atoms with Crippen LogP contribution in [-0.2, 0) is 4.74 Å². The van der Waals surface area contributed by atoms with E-state index in [2.05, 4.69) is 5.10 Å². The zero-order chi connectivity index (χ0) is 15.8. The van der Waals surface area contributed by atoms with Crippen molar-refractivity contribution in [3.63, 3.8) is 0 Å². The van der Waals surface area contributed by atoms with Gasteiger partial charge in [0.05, 0.1) is 23.7 Å². The largest absolute Gasteiger partial charge is 0.472 e. The summed E-state index contributed by atoms with van der Waals surface area (Å²) in [6.45, 7) is 4.10. The molecular formula is C13H23N3O5. The van der Waals surface area contributed by atoms with E-state index < -0.39 is 4.92 Å². The molecule has 21 heavy (non-hydrogen) atoms. The fraction of sp³-hybridized carbons (Fsp3) is 0.769. The van der Waals surface area contributed by atoms with Gasteiger partial charge in [0.15, 0.2) is 0 Å². The van der Waals surface area contributed by atoms with Crippen LogP contribution in [0.15, 0.2) is 6.20 Å². The minimum absolute atomic E-state index is 0.00281. The van der Waals surface area contributed by atoms with Gasteiger partial charge < -0.3 is 14.6 Å². The van der Waals surface area contributed by atoms with E-state index in [1.165, 1.54) is 6.20 Å². The summed E-state index contributed by atoms with van der Waals surface area (Å²) in [5.41, 5.74) is -0.156. The van der Waals surface area contributed by atoms with Crippen LogP contribution >= 0.6 is 0 Å². The lowest BCUT2D eigenvalue weighted by Gasteiger charge is -2.18. The average Bonchev–Trinajstić information content (AvgIpc) is 2.89. The molecule has 0 aliphatic rings. The van der Waals surface area contributed by atoms with Crippen molar-refractivity contribution < 1.29 is 19.5 Å². The van der Waals surface area contributed by atoms with Crippen LogP contribution in [-0.4, -0.2) is 46.2 Å². The van der Waals surface area contributed by atoms with Gasteiger partial charge in [-0.2, -0.15) is 0 Å². The molecule has 0 aromatic carbocycles. The number of rotatable bonds is 10. The number of nitrogens with zero attached hydrogens (tertiary/aromatic N) is 3. The van der Waals surface area contributed by atoms with Crippen molar-refractivity contribution in [2.75, 3.05) is 20.3 Å². The standard InChI is InChI=1S/C13H23N3O5/c1-4-11(8-10(2)20-3)15-9-12(16(18)19)13(14-15)21-7-5-6-17/h9-11,17H,4-8H2,1-3H3. The van der Waals surface area contributed by atoms with Crippen molar-refractivity contribution in [1.29, 1.82) is 0 Å². The maximum absolute atomic E-state index is 11.1. The summed E-state index contributed by atoms with van der Waals surface area (Å²) in [5.74, 6) is -0.00281. The van der Waals surface area contributed by atoms with Crippen molar-refractivity contribution >= 4 is 5.69 Å². The normalized spacial score (nSPS) is 13.9. The predicted molar refractivity (Wildman–Crippen MR) is 76.5 cm³/mol. The van der Waals surface area contributed by atoms with Gasteiger partial charge in [0, 0.05) is 20.1 Å². The lowest BCUT2D eigenvalue weighted by molar-refractivity contribution is -0.386. The third kappa shape index (κ3) is 4.98. The molecule has 0 bridgehead atoms. The maximum Gasteiger partial charge on any atom is 0.350 e. The number of ether oxygens (including phenoxy) is 2. The van der Waals surface area contributed by atoms with E-state index in [9.17, 15) is 10.1 Å². The Kier molecular flexibility index (Phi) is 7.10. The second-order valence-electron chi connectivity index (χ2n) is 4.83. The monoisotopic (exact) mass is 301 g/mol. The van der Waals surface area contributed by atoms with Crippen LogP contribution in [0.1, 0.15) is 39.2 Å². The van der Waals surface area contributed by atoms with Crippen molar-refractivity contribution in [3.05, 3.63) is 16.3 Å². The lowest BCUT2D eigenvalue weighted by Crippen LogP contribution is -2.16. The molecule has 0 amide bonds. The van der Waals surface area contributed by atoms with Gasteiger partial charge in [-0.05, 0) is 19.8 Å². The smallest absolute Gasteiger partial charge is 0.350 e. The molecule has 8 heteroatoms. The van der Waals surface area contributed by atoms with E-state index in [4.69, 9.17) is 14.6 Å². The molecule has 8 nitrogen and oxygen atoms in total. The molecule has 120 valence electrons. The Bertz CT molecular complexity index is 449. The summed E-state index contributed by atoms with van der Waals surface area (Å²) in [5, 5.41) is 24.0. The molecule has 2 atom stereocenters. The third-order valence-corrected chi connectivity index (χ3v) is 3.27. The Hall–Kier alpha value is -1.67. The summed E-state index contributed by atoms with van der Waals surface area (Å²) in [6.07, 6.45) is 3.33. The van der Waals surface area contributed by atoms with Gasteiger partial charge in [-0.15, -0.1) is 5.10 Å². The Morgan fingerprint density at radius 3 is 2.81 bits per heavy atom. The Morgan fingerprint density at radius 1 is 1.57 bits per heavy atom. The van der Waals surface area contributed by atoms with Crippen molar-refractivity contribution in [2.45, 2.75) is 45.3 Å². The van der Waals surface area contributed by atoms with Crippen molar-refractivity contribution in [2.24, 2.45) is 0 Å². The second kappa shape index (κ2) is 8.58. The summed E-state index contributed by atoms with van der Waals surface area (Å²) in [6, 6.07) is 0.00819. The minimum Gasteiger partial charge on any atom is -0.472 e. The Labute approximate surface area is 123 Å². The van der Waals surface area contributed by atoms with Crippen LogP contribution in [0.3, 0.4) is 0 Å². The maximum atomic E-state index is 11.1. The summed E-state index contributed by atoms with van der Waals surface area (Å²) in [4.78, 5) is 10.5. The summed E-state index contributed by atoms with van der Waals surface area (Å²) in [7, 11) is 1.63. The first-order valence-electron chi connectivity index (χ1n) is 7.03. The Balaban J connectivity index is 2.90. The minimum atomic E-state index is -0.510. The van der Waals surface area contributed by atoms with Crippen LogP contribution in [0, 0.1) is 10.1 Å². The topological polar surface area (TPSA) is 99.7 Å². The first-order valence-corrected chi connectivity index (χ1v) is 7.03. The molecule has 0 aliphatic carbocycles. The molecule has 1 rings (SSSR count). The Morgan fingerprint density at radius 2 is 2.29 bits per heavy atom. The highest BCUT2D eigenvalue weighted by atomic mass is 16.6. The van der Waals surface area contributed by atoms with Gasteiger partial charge in [0.1, 0.15) is 6.20 Å². The molecule has 1 heterocycles. The first-order chi connectivity index (χ1) is 10.0. The highest BCUT2D eigenvalue weighted by Crippen LogP contribution is 2.29. The van der Waals surface area contributed by atoms with Crippen LogP contribution < -0.4 is 4.74 Å². The number of nitro groups is 1. The van der Waals surface area contributed by atoms with Crippen molar-refractivity contribution in [3.8, 4) is 5.88 Å². The zero-order valence-corrected chi connectivity index (χ0v) is 12.7. The number of aliphatic hydroxyl groups excluding tert-OH is 1. The molecule has 2 unspecified atom stereocenters. The molecule has 1 N–H and O–H groups in total. The number of aromatic nitrogens is 2. The fourth-order valence-electron chi connectivity index (χ4n) is 1.96. The average molecular weight is 301 g/mol. The van der Waals surface area contributed by atoms with E-state index in [-0.39, 0.29) is 36.9 Å². The zero-order valence-electron chi connectivity index (χ0n) is 12.7. The van der Waals surface area contributed by atoms with E-state index in [1.54, 1.807) is 11.8 Å². The van der Waals surface area contributed by atoms with E-state index in [1.807, 2.05) is 13.8 Å². The van der Waals surface area contributed by atoms with Crippen LogP contribution in [0.25, 0.3) is 0 Å². The van der Waals surface area contributed by atoms with Gasteiger partial charge in [0.25, 0.3) is 0 Å². The van der Waals surface area contributed by atoms with Gasteiger partial charge in [-0.3, -0.25) is 14.8 Å². The van der Waals surface area contributed by atoms with Crippen LogP contribution in [0.4, 0.5) is 5.69 Å². The molecular weight excluding hydrogens is 278 g/mol. The SMILES string of the molecule is CCC(CC(C)OC)n1cc([N+](=O)[O-])c(OCCCO)n1. The lowest BCUT2D eigenvalue weighted by atomic mass is 10.1. The van der Waals surface area contributed by atoms with Crippen molar-refractivity contribution in [1.82, 2.24) is 9.78 Å². The van der Waals surface area contributed by atoms with Gasteiger partial charge >= 0.3 is 11.6 Å². The molecule has 0 aliphatic heterocycles. The van der Waals surface area contributed by atoms with Gasteiger partial charge in [-0.25, -0.2) is 0 Å². The third-order valence-electron chi connectivity index (χ3n) is 3.27. The molecule has 0 saturated heterocycles. The molecule has 1 aromatic heterocycles. The van der Waals surface area contributed by atoms with E-state index in [0.29, 0.717) is 12.8 Å². The summed E-state index contributed by atoms with van der Waals surface area (Å²) < 4.78 is 12.1. The number of methoxy groups -OCH3 is 1. The molecule has 0 radical (unpaired) electrons. The molecule has 0 saturated carbocycles. The number of hydrogen-bond donors (Lipinski definition) is 1. The highest BCUT2D eigenvalue weighted by Gasteiger charge is 2.24. The highest BCUT2D eigenvalue weighted by molar-refractivity contribution is 5.38. The first kappa shape index (κ1) is 17.4. The molecule has 0 spiro atoms. The van der Waals surface area contributed by atoms with E-state index in [0.717, 1.165) is 6.42 Å². The predicted octanol–water partition coefficient (Wildman–Crippen LogP) is 1.93. The number of hydrogen-bond acceptors (Lipinski definition) is 6. The van der Waals surface area contributed by atoms with Gasteiger partial charge in [0.2, 0.25) is 0 Å². The second-order valence-corrected chi connectivity index (χ2v) is 4.83.